The Balaban J connectivity index is 2.38. The number of carbonyl (C=O) groups excluding carboxylic acids is 1. The number of amides is 1. The van der Waals surface area contributed by atoms with E-state index in [0.717, 1.165) is 6.07 Å². The van der Waals surface area contributed by atoms with Gasteiger partial charge in [0.25, 0.3) is 5.91 Å². The fraction of sp³-hybridized carbons (Fsp3) is 0.350. The van der Waals surface area contributed by atoms with Crippen LogP contribution in [0.4, 0.5) is 24.5 Å². The van der Waals surface area contributed by atoms with Crippen molar-refractivity contribution < 1.29 is 37.7 Å². The van der Waals surface area contributed by atoms with Crippen LogP contribution in [-0.4, -0.2) is 57.6 Å². The summed E-state index contributed by atoms with van der Waals surface area (Å²) in [6.07, 6.45) is 1.85. The second-order valence-corrected chi connectivity index (χ2v) is 9.66. The number of benzene rings is 2. The average molecular weight is 601 g/mol. The summed E-state index contributed by atoms with van der Waals surface area (Å²) in [6, 6.07) is 5.01. The molecule has 0 bridgehead atoms. The van der Waals surface area contributed by atoms with Gasteiger partial charge in [0, 0.05) is 22.1 Å². The molecule has 0 aliphatic heterocycles. The van der Waals surface area contributed by atoms with E-state index in [9.17, 15) is 23.3 Å². The lowest BCUT2D eigenvalue weighted by Crippen LogP contribution is -2.27. The van der Waals surface area contributed by atoms with Gasteiger partial charge in [0.2, 0.25) is 0 Å². The summed E-state index contributed by atoms with van der Waals surface area (Å²) in [7, 11) is 0. The molecular weight excluding hydrogens is 578 g/mol. The van der Waals surface area contributed by atoms with Gasteiger partial charge in [0.15, 0.2) is 11.6 Å². The summed E-state index contributed by atoms with van der Waals surface area (Å²) in [6.45, 7) is -1.07. The summed E-state index contributed by atoms with van der Waals surface area (Å²) < 4.78 is 55.8. The fourth-order valence-corrected chi connectivity index (χ4v) is 3.75. The molecule has 0 aliphatic carbocycles. The number of hydroxylamine groups is 3. The molecule has 0 saturated heterocycles. The molecule has 0 radical (unpaired) electrons. The molecule has 182 valence electrons. The first-order valence-electron chi connectivity index (χ1n) is 9.63. The number of hydrogen-bond acceptors (Lipinski definition) is 7. The van der Waals surface area contributed by atoms with Crippen LogP contribution in [0.25, 0.3) is 0 Å². The number of halogens is 4. The zero-order valence-corrected chi connectivity index (χ0v) is 20.5. The zero-order chi connectivity index (χ0) is 24.5. The predicted octanol–water partition coefficient (Wildman–Crippen LogP) is 3.07. The third-order valence-electron chi connectivity index (χ3n) is 4.28. The smallest absolute Gasteiger partial charge is 0.277 e. The first kappa shape index (κ1) is 27.6. The number of carbonyl (C=O) groups is 1. The van der Waals surface area contributed by atoms with Gasteiger partial charge in [-0.05, 0) is 46.9 Å². The van der Waals surface area contributed by atoms with Crippen molar-refractivity contribution in [2.75, 3.05) is 37.1 Å². The average Bonchev–Trinajstić information content (AvgIpc) is 2.74. The maximum atomic E-state index is 15.0. The second kappa shape index (κ2) is 13.3. The van der Waals surface area contributed by atoms with E-state index in [4.69, 9.17) is 9.94 Å². The minimum Gasteiger partial charge on any atom is -0.617 e. The predicted molar refractivity (Wildman–Crippen MR) is 125 cm³/mol. The highest BCUT2D eigenvalue weighted by Gasteiger charge is 2.24. The first-order valence-corrected chi connectivity index (χ1v) is 12.4. The number of aliphatic hydroxyl groups is 1. The highest BCUT2D eigenvalue weighted by Crippen LogP contribution is 2.31. The van der Waals surface area contributed by atoms with Crippen molar-refractivity contribution in [3.05, 3.63) is 56.4 Å². The summed E-state index contributed by atoms with van der Waals surface area (Å²) >= 11 is 0.809. The van der Waals surface area contributed by atoms with E-state index in [2.05, 4.69) is 5.32 Å². The highest BCUT2D eigenvalue weighted by molar-refractivity contribution is 14.1. The Bertz CT molecular complexity index is 971. The molecular formula is C20H23F3IN3O5S. The Morgan fingerprint density at radius 1 is 1.27 bits per heavy atom. The van der Waals surface area contributed by atoms with Gasteiger partial charge in [0.05, 0.1) is 43.0 Å². The van der Waals surface area contributed by atoms with Gasteiger partial charge in [-0.1, -0.05) is 11.2 Å². The van der Waals surface area contributed by atoms with Crippen LogP contribution in [0, 0.1) is 21.0 Å². The van der Waals surface area contributed by atoms with Gasteiger partial charge in [-0.25, -0.2) is 18.7 Å². The van der Waals surface area contributed by atoms with Crippen LogP contribution >= 0.6 is 22.6 Å². The minimum atomic E-state index is -1.46. The first-order chi connectivity index (χ1) is 15.6. The summed E-state index contributed by atoms with van der Waals surface area (Å²) in [5.74, 6) is -4.21. The van der Waals surface area contributed by atoms with E-state index in [1.165, 1.54) is 24.5 Å². The standard InChI is InChI=1S/C20H23F3IN3O5S/c1-33(31)8-2-5-27(30)11-12-9-14(20(29)26-32-7-6-28)19(18(23)17(12)22)25-16-4-3-13(24)10-15(16)21/h3-4,9-10,25,28,30H,2,5-8,11H2,1H3,(H,26,29). The SMILES string of the molecule is C[S+]([O-])CCCN(O)Cc1cc(C(=O)NOCCO)c(Nc2ccc(I)cc2F)c(F)c1F. The number of nitrogens with zero attached hydrogens (tertiary/aromatic N) is 1. The third kappa shape index (κ3) is 8.27. The van der Waals surface area contributed by atoms with E-state index < -0.39 is 58.9 Å². The lowest BCUT2D eigenvalue weighted by molar-refractivity contribution is -0.0995. The molecule has 2 aromatic carbocycles. The Morgan fingerprint density at radius 3 is 2.64 bits per heavy atom. The molecule has 0 aliphatic rings. The van der Waals surface area contributed by atoms with E-state index >= 15 is 4.39 Å². The molecule has 4 N–H and O–H groups in total. The molecule has 2 rings (SSSR count). The fourth-order valence-electron chi connectivity index (χ4n) is 2.76. The number of anilines is 2. The number of rotatable bonds is 12. The van der Waals surface area contributed by atoms with Gasteiger partial charge in [-0.3, -0.25) is 9.63 Å². The molecule has 13 heteroatoms. The quantitative estimate of drug-likeness (QED) is 0.128. The van der Waals surface area contributed by atoms with Crippen LogP contribution in [0.2, 0.25) is 0 Å². The van der Waals surface area contributed by atoms with Gasteiger partial charge >= 0.3 is 0 Å². The molecule has 1 amide bonds. The van der Waals surface area contributed by atoms with Crippen molar-refractivity contribution in [1.82, 2.24) is 10.5 Å². The van der Waals surface area contributed by atoms with Crippen molar-refractivity contribution in [2.45, 2.75) is 13.0 Å². The second-order valence-electron chi connectivity index (χ2n) is 6.86. The molecule has 0 saturated carbocycles. The van der Waals surface area contributed by atoms with Crippen LogP contribution in [0.3, 0.4) is 0 Å². The lowest BCUT2D eigenvalue weighted by atomic mass is 10.1. The Kier molecular flexibility index (Phi) is 11.1. The molecule has 8 nitrogen and oxygen atoms in total. The monoisotopic (exact) mass is 601 g/mol. The topological polar surface area (TPSA) is 117 Å². The van der Waals surface area contributed by atoms with Crippen molar-refractivity contribution in [3.8, 4) is 0 Å². The van der Waals surface area contributed by atoms with Crippen LogP contribution in [0.1, 0.15) is 22.3 Å². The van der Waals surface area contributed by atoms with Gasteiger partial charge in [-0.2, -0.15) is 5.06 Å². The van der Waals surface area contributed by atoms with Crippen LogP contribution < -0.4 is 10.8 Å². The largest absolute Gasteiger partial charge is 0.617 e. The third-order valence-corrected chi connectivity index (χ3v) is 5.81. The minimum absolute atomic E-state index is 0.0373. The maximum absolute atomic E-state index is 15.0. The van der Waals surface area contributed by atoms with Gasteiger partial charge in [-0.15, -0.1) is 0 Å². The molecule has 2 aromatic rings. The number of nitrogens with one attached hydrogen (secondary N) is 2. The molecule has 33 heavy (non-hydrogen) atoms. The van der Waals surface area contributed by atoms with Crippen LogP contribution in [-0.2, 0) is 22.6 Å². The maximum Gasteiger partial charge on any atom is 0.277 e. The van der Waals surface area contributed by atoms with E-state index in [-0.39, 0.29) is 24.4 Å². The van der Waals surface area contributed by atoms with Crippen molar-refractivity contribution in [2.24, 2.45) is 0 Å². The van der Waals surface area contributed by atoms with Crippen LogP contribution in [0.5, 0.6) is 0 Å². The Hall–Kier alpha value is -1.62. The lowest BCUT2D eigenvalue weighted by Gasteiger charge is -2.19. The number of hydrogen-bond donors (Lipinski definition) is 4. The van der Waals surface area contributed by atoms with E-state index in [0.29, 0.717) is 20.8 Å². The van der Waals surface area contributed by atoms with Gasteiger partial charge < -0.3 is 20.2 Å². The molecule has 0 spiro atoms. The van der Waals surface area contributed by atoms with E-state index in [1.54, 1.807) is 0 Å². The highest BCUT2D eigenvalue weighted by atomic mass is 127. The van der Waals surface area contributed by atoms with Gasteiger partial charge in [0.1, 0.15) is 11.6 Å². The molecule has 0 aromatic heterocycles. The Labute approximate surface area is 205 Å². The molecule has 0 fully saturated rings. The summed E-state index contributed by atoms with van der Waals surface area (Å²) in [4.78, 5) is 17.3. The van der Waals surface area contributed by atoms with Crippen molar-refractivity contribution in [1.29, 1.82) is 0 Å². The zero-order valence-electron chi connectivity index (χ0n) is 17.5. The van der Waals surface area contributed by atoms with Crippen molar-refractivity contribution in [3.63, 3.8) is 0 Å². The van der Waals surface area contributed by atoms with Crippen molar-refractivity contribution >= 4 is 51.0 Å². The molecule has 1 atom stereocenters. The molecule has 1 unspecified atom stereocenters. The Morgan fingerprint density at radius 2 is 2.00 bits per heavy atom. The van der Waals surface area contributed by atoms with E-state index in [1.807, 2.05) is 28.1 Å². The summed E-state index contributed by atoms with van der Waals surface area (Å²) in [5, 5.41) is 21.9. The summed E-state index contributed by atoms with van der Waals surface area (Å²) in [5.41, 5.74) is 0.414. The number of aliphatic hydroxyl groups excluding tert-OH is 1. The molecule has 0 heterocycles. The normalized spacial score (nSPS) is 12.2. The van der Waals surface area contributed by atoms with Crippen LogP contribution in [0.15, 0.2) is 24.3 Å².